The molecule has 45 heavy (non-hydrogen) atoms. The fourth-order valence-electron chi connectivity index (χ4n) is 5.47. The normalized spacial score (nSPS) is 18.6. The van der Waals surface area contributed by atoms with Crippen molar-refractivity contribution in [3.8, 4) is 0 Å². The summed E-state index contributed by atoms with van der Waals surface area (Å²) in [5.41, 5.74) is -0.321. The zero-order valence-corrected chi connectivity index (χ0v) is 26.4. The van der Waals surface area contributed by atoms with Crippen molar-refractivity contribution in [3.63, 3.8) is 0 Å². The zero-order chi connectivity index (χ0) is 32.7. The largest absolute Gasteiger partial charge is 0.444 e. The summed E-state index contributed by atoms with van der Waals surface area (Å²) in [6, 6.07) is 8.49. The smallest absolute Gasteiger partial charge is 0.416 e. The molecule has 1 atom stereocenters. The molecule has 0 saturated carbocycles. The molecule has 2 aliphatic rings. The number of aromatic nitrogens is 2. The first-order valence-corrected chi connectivity index (χ1v) is 15.5. The number of aliphatic hydroxyl groups excluding tert-OH is 1. The number of hydrogen-bond acceptors (Lipinski definition) is 7. The van der Waals surface area contributed by atoms with Gasteiger partial charge in [0, 0.05) is 23.5 Å². The van der Waals surface area contributed by atoms with Gasteiger partial charge in [0.1, 0.15) is 5.60 Å². The van der Waals surface area contributed by atoms with Crippen LogP contribution in [0.25, 0.3) is 16.5 Å². The molecule has 0 bridgehead atoms. The van der Waals surface area contributed by atoms with Gasteiger partial charge in [-0.25, -0.2) is 4.79 Å². The van der Waals surface area contributed by atoms with E-state index in [0.29, 0.717) is 54.2 Å². The van der Waals surface area contributed by atoms with Gasteiger partial charge in [0.25, 0.3) is 11.1 Å². The van der Waals surface area contributed by atoms with Crippen LogP contribution >= 0.6 is 23.4 Å². The van der Waals surface area contributed by atoms with Crippen molar-refractivity contribution in [2.24, 2.45) is 5.92 Å². The van der Waals surface area contributed by atoms with Crippen molar-refractivity contribution in [1.82, 2.24) is 20.0 Å². The molecule has 2 N–H and O–H groups in total. The SMILES string of the molecule is CC(C)(C)OC(=O)N1CCC(C(O)CN2C(=O)SC(=C(Cc3ccc(Cl)cc3C(F)(F)F)c3ccc4[nH]ncc4c3)C2=O)CC1. The van der Waals surface area contributed by atoms with Gasteiger partial charge in [-0.2, -0.15) is 18.3 Å². The number of alkyl halides is 3. The molecule has 5 rings (SSSR count). The van der Waals surface area contributed by atoms with Gasteiger partial charge in [0.15, 0.2) is 0 Å². The van der Waals surface area contributed by atoms with E-state index < -0.39 is 40.7 Å². The molecule has 0 aliphatic carbocycles. The second kappa shape index (κ2) is 12.7. The lowest BCUT2D eigenvalue weighted by molar-refractivity contribution is -0.138. The number of carbonyl (C=O) groups is 3. The number of aliphatic hydroxyl groups is 1. The van der Waals surface area contributed by atoms with Crippen LogP contribution in [0.4, 0.5) is 22.8 Å². The van der Waals surface area contributed by atoms with E-state index in [9.17, 15) is 32.7 Å². The molecule has 9 nitrogen and oxygen atoms in total. The molecule has 0 radical (unpaired) electrons. The summed E-state index contributed by atoms with van der Waals surface area (Å²) < 4.78 is 47.4. The number of amides is 3. The summed E-state index contributed by atoms with van der Waals surface area (Å²) in [6.07, 6.45) is -4.08. The average molecular weight is 665 g/mol. The maximum Gasteiger partial charge on any atom is 0.416 e. The van der Waals surface area contributed by atoms with E-state index in [1.807, 2.05) is 0 Å². The van der Waals surface area contributed by atoms with E-state index in [1.54, 1.807) is 50.1 Å². The number of H-pyrrole nitrogens is 1. The Morgan fingerprint density at radius 3 is 2.53 bits per heavy atom. The lowest BCUT2D eigenvalue weighted by atomic mass is 9.91. The highest BCUT2D eigenvalue weighted by molar-refractivity contribution is 8.18. The number of hydrogen-bond donors (Lipinski definition) is 2. The van der Waals surface area contributed by atoms with Gasteiger partial charge in [-0.1, -0.05) is 23.7 Å². The van der Waals surface area contributed by atoms with Gasteiger partial charge in [-0.05, 0) is 98.7 Å². The Hall–Kier alpha value is -3.55. The average Bonchev–Trinajstić information content (AvgIpc) is 3.54. The van der Waals surface area contributed by atoms with Gasteiger partial charge in [0.2, 0.25) is 0 Å². The van der Waals surface area contributed by atoms with Gasteiger partial charge in [-0.15, -0.1) is 0 Å². The van der Waals surface area contributed by atoms with Crippen LogP contribution in [0.3, 0.4) is 0 Å². The molecule has 3 heterocycles. The number of aromatic amines is 1. The maximum absolute atomic E-state index is 14.0. The van der Waals surface area contributed by atoms with Crippen molar-refractivity contribution in [1.29, 1.82) is 0 Å². The molecule has 1 aromatic heterocycles. The van der Waals surface area contributed by atoms with Crippen LogP contribution in [0, 0.1) is 5.92 Å². The highest BCUT2D eigenvalue weighted by atomic mass is 35.5. The van der Waals surface area contributed by atoms with Gasteiger partial charge >= 0.3 is 12.3 Å². The molecule has 2 fully saturated rings. The molecule has 3 amide bonds. The number of piperidine rings is 1. The number of carbonyl (C=O) groups excluding carboxylic acids is 3. The number of rotatable bonds is 6. The predicted octanol–water partition coefficient (Wildman–Crippen LogP) is 6.89. The van der Waals surface area contributed by atoms with Crippen LogP contribution in [0.15, 0.2) is 47.5 Å². The zero-order valence-electron chi connectivity index (χ0n) is 24.8. The number of benzene rings is 2. The number of likely N-dealkylation sites (tertiary alicyclic amines) is 1. The summed E-state index contributed by atoms with van der Waals surface area (Å²) in [7, 11) is 0. The number of β-amino-alcohol motifs (C(OH)–C–C–N with tert-alkyl or cyclic N) is 1. The summed E-state index contributed by atoms with van der Waals surface area (Å²) in [5.74, 6) is -0.978. The topological polar surface area (TPSA) is 116 Å². The van der Waals surface area contributed by atoms with Crippen LogP contribution in [0.1, 0.15) is 50.3 Å². The van der Waals surface area contributed by atoms with E-state index in [-0.39, 0.29) is 39.9 Å². The fraction of sp³-hybridized carbons (Fsp3) is 0.419. The second-order valence-electron chi connectivity index (χ2n) is 12.1. The molecule has 0 spiro atoms. The first-order chi connectivity index (χ1) is 21.1. The van der Waals surface area contributed by atoms with E-state index >= 15 is 0 Å². The Morgan fingerprint density at radius 1 is 1.16 bits per heavy atom. The van der Waals surface area contributed by atoms with Crippen LogP contribution in [0.2, 0.25) is 5.02 Å². The fourth-order valence-corrected chi connectivity index (χ4v) is 6.60. The van der Waals surface area contributed by atoms with Crippen molar-refractivity contribution < 1.29 is 37.4 Å². The number of nitrogens with zero attached hydrogens (tertiary/aromatic N) is 3. The number of allylic oxidation sites excluding steroid dienone is 1. The number of fused-ring (bicyclic) bond motifs is 1. The lowest BCUT2D eigenvalue weighted by Gasteiger charge is -2.35. The monoisotopic (exact) mass is 664 g/mol. The quantitative estimate of drug-likeness (QED) is 0.276. The Kier molecular flexibility index (Phi) is 9.25. The molecule has 2 aromatic carbocycles. The van der Waals surface area contributed by atoms with Crippen LogP contribution in [-0.2, 0) is 22.1 Å². The van der Waals surface area contributed by atoms with Crippen LogP contribution in [-0.4, -0.2) is 73.7 Å². The Morgan fingerprint density at radius 2 is 1.87 bits per heavy atom. The molecule has 1 unspecified atom stereocenters. The Bertz CT molecular complexity index is 1660. The first kappa shape index (κ1) is 32.8. The number of imide groups is 1. The second-order valence-corrected chi connectivity index (χ2v) is 13.5. The third-order valence-corrected chi connectivity index (χ3v) is 9.02. The summed E-state index contributed by atoms with van der Waals surface area (Å²) in [5, 5.41) is 17.8. The van der Waals surface area contributed by atoms with Crippen LogP contribution < -0.4 is 0 Å². The van der Waals surface area contributed by atoms with Crippen LogP contribution in [0.5, 0.6) is 0 Å². The Balaban J connectivity index is 1.40. The third-order valence-electron chi connectivity index (χ3n) is 7.76. The predicted molar refractivity (Wildman–Crippen MR) is 164 cm³/mol. The third kappa shape index (κ3) is 7.47. The minimum atomic E-state index is -4.71. The standard InChI is InChI=1S/C31H32ClF3N4O5S/c1-30(2,3)44-28(42)38-10-8-17(9-11-38)25(40)16-39-27(41)26(45-29(39)43)22(18-5-7-24-20(12-18)15-36-37-24)13-19-4-6-21(32)14-23(19)31(33,34)35/h4-7,12,14-15,17,25,40H,8-11,13,16H2,1-3H3,(H,36,37). The first-order valence-electron chi connectivity index (χ1n) is 14.3. The van der Waals surface area contributed by atoms with Crippen molar-refractivity contribution in [2.75, 3.05) is 19.6 Å². The van der Waals surface area contributed by atoms with E-state index in [4.69, 9.17) is 16.3 Å². The minimum absolute atomic E-state index is 0.0159. The minimum Gasteiger partial charge on any atom is -0.444 e. The highest BCUT2D eigenvalue weighted by Gasteiger charge is 2.41. The molecular weight excluding hydrogens is 633 g/mol. The molecule has 3 aromatic rings. The molecule has 14 heteroatoms. The maximum atomic E-state index is 14.0. The number of nitrogens with one attached hydrogen (secondary N) is 1. The Labute approximate surface area is 266 Å². The molecule has 240 valence electrons. The van der Waals surface area contributed by atoms with Crippen molar-refractivity contribution >= 4 is 57.1 Å². The summed E-state index contributed by atoms with van der Waals surface area (Å²) in [4.78, 5) is 41.8. The summed E-state index contributed by atoms with van der Waals surface area (Å²) >= 11 is 6.53. The number of ether oxygens (including phenoxy) is 1. The van der Waals surface area contributed by atoms with Gasteiger partial charge in [-0.3, -0.25) is 19.6 Å². The van der Waals surface area contributed by atoms with E-state index in [0.717, 1.165) is 11.0 Å². The summed E-state index contributed by atoms with van der Waals surface area (Å²) in [6.45, 7) is 5.74. The lowest BCUT2D eigenvalue weighted by Crippen LogP contribution is -2.46. The number of thioether (sulfide) groups is 1. The van der Waals surface area contributed by atoms with E-state index in [1.165, 1.54) is 12.1 Å². The molecule has 2 saturated heterocycles. The highest BCUT2D eigenvalue weighted by Crippen LogP contribution is 2.42. The molecule has 2 aliphatic heterocycles. The van der Waals surface area contributed by atoms with Gasteiger partial charge in [0.05, 0.1) is 34.8 Å². The van der Waals surface area contributed by atoms with Crippen molar-refractivity contribution in [2.45, 2.75) is 57.9 Å². The van der Waals surface area contributed by atoms with E-state index in [2.05, 4.69) is 10.2 Å². The molecular formula is C31H32ClF3N4O5S. The van der Waals surface area contributed by atoms with Gasteiger partial charge < -0.3 is 14.7 Å². The number of halogens is 4. The van der Waals surface area contributed by atoms with Crippen molar-refractivity contribution in [3.05, 3.63) is 69.2 Å².